The number of carbonyl (C=O) groups is 3. The number of hydrogen-bond acceptors (Lipinski definition) is 10. The largest absolute Gasteiger partial charge is 0.458 e. The van der Waals surface area contributed by atoms with E-state index in [2.05, 4.69) is 56.4 Å². The number of nitrogens with zero attached hydrogens (tertiary/aromatic N) is 2. The van der Waals surface area contributed by atoms with Crippen LogP contribution in [0.5, 0.6) is 0 Å². The number of hydroxylamine groups is 2. The van der Waals surface area contributed by atoms with Crippen molar-refractivity contribution in [3.8, 4) is 0 Å². The van der Waals surface area contributed by atoms with Crippen molar-refractivity contribution >= 4 is 23.9 Å². The first-order valence-corrected chi connectivity index (χ1v) is 22.1. The summed E-state index contributed by atoms with van der Waals surface area (Å²) in [5.41, 5.74) is 2.74. The highest BCUT2D eigenvalue weighted by atomic mass is 16.8. The number of esters is 1. The average Bonchev–Trinajstić information content (AvgIpc) is 4.16. The van der Waals surface area contributed by atoms with Crippen LogP contribution in [-0.2, 0) is 44.7 Å². The van der Waals surface area contributed by atoms with E-state index < -0.39 is 53.7 Å². The Morgan fingerprint density at radius 1 is 0.947 bits per heavy atom. The standard InChI is InChI=1S/C45H59N3O9/c1-42(2)22-30-27(10-15-34-43(3,54-34)17-16-31(30)42)21-25-6-8-26(9-7-25)24-48-37-40(51)53-33-23-44(37,41(52)47-19-4-5-32(47)39(50)46-18-20-49)38(57-48)36-35(33)55-45(56-36,28-11-12-28)29-13-14-29/h6-9,21,28-38,49H,4-5,10-20,22-24H2,1-3H3,(H,46,50)/t30-,31-,32-,33-,34?,35+,36+,37+,38-,43-,44+/m1/s1. The number of carbonyl (C=O) groups excluding carboxylic acids is 3. The molecule has 5 saturated heterocycles. The van der Waals surface area contributed by atoms with Crippen LogP contribution in [0, 0.1) is 34.5 Å². The lowest BCUT2D eigenvalue weighted by molar-refractivity contribution is -0.235. The lowest BCUT2D eigenvalue weighted by Crippen LogP contribution is -2.70. The van der Waals surface area contributed by atoms with E-state index in [0.29, 0.717) is 42.7 Å². The maximum Gasteiger partial charge on any atom is 0.327 e. The molecule has 11 rings (SSSR count). The molecule has 1 aromatic rings. The van der Waals surface area contributed by atoms with Crippen molar-refractivity contribution in [3.05, 3.63) is 41.0 Å². The fraction of sp³-hybridized carbons (Fsp3) is 0.756. The van der Waals surface area contributed by atoms with Gasteiger partial charge >= 0.3 is 5.97 Å². The van der Waals surface area contributed by atoms with Gasteiger partial charge in [0.25, 0.3) is 0 Å². The molecule has 2 bridgehead atoms. The summed E-state index contributed by atoms with van der Waals surface area (Å²) in [5, 5.41) is 13.9. The Bertz CT molecular complexity index is 1850. The number of allylic oxidation sites excluding steroid dienone is 1. The number of ether oxygens (including phenoxy) is 4. The van der Waals surface area contributed by atoms with Gasteiger partial charge in [0.2, 0.25) is 11.8 Å². The van der Waals surface area contributed by atoms with Gasteiger partial charge in [-0.15, -0.1) is 0 Å². The molecule has 12 nitrogen and oxygen atoms in total. The SMILES string of the molecule is CC1(C)C[C@@H]2C(=Cc3ccc(CN4O[C@@H]5[C@H]6OC(C7CC7)(C7CC7)O[C@H]6[C@H]6C[C@]5(C(=O)N5CCC[C@@H]5C(=O)NCCO)[C@@H]4C(=O)O6)cc3)CCC3O[C@]3(C)CC[C@H]21. The van der Waals surface area contributed by atoms with Gasteiger partial charge in [-0.2, -0.15) is 5.06 Å². The van der Waals surface area contributed by atoms with Crippen LogP contribution in [-0.4, -0.2) is 107 Å². The van der Waals surface area contributed by atoms with E-state index in [0.717, 1.165) is 56.1 Å². The van der Waals surface area contributed by atoms with E-state index in [1.165, 1.54) is 18.4 Å². The molecule has 5 aliphatic carbocycles. The molecule has 1 aromatic carbocycles. The van der Waals surface area contributed by atoms with Crippen LogP contribution in [0.3, 0.4) is 0 Å². The summed E-state index contributed by atoms with van der Waals surface area (Å²) in [6.45, 7) is 7.74. The minimum Gasteiger partial charge on any atom is -0.458 e. The lowest BCUT2D eigenvalue weighted by Gasteiger charge is -2.53. The van der Waals surface area contributed by atoms with Gasteiger partial charge < -0.3 is 34.3 Å². The predicted octanol–water partition coefficient (Wildman–Crippen LogP) is 4.66. The van der Waals surface area contributed by atoms with Gasteiger partial charge in [0, 0.05) is 31.3 Å². The highest BCUT2D eigenvalue weighted by molar-refractivity contribution is 5.96. The first kappa shape index (κ1) is 37.2. The number of aliphatic hydroxyl groups is 1. The second-order valence-corrected chi connectivity index (χ2v) is 20.2. The van der Waals surface area contributed by atoms with Crippen LogP contribution in [0.15, 0.2) is 29.8 Å². The highest BCUT2D eigenvalue weighted by Gasteiger charge is 2.78. The number of rotatable bonds is 9. The van der Waals surface area contributed by atoms with E-state index >= 15 is 4.79 Å². The molecule has 1 unspecified atom stereocenters. The fourth-order valence-electron chi connectivity index (χ4n) is 12.8. The molecular weight excluding hydrogens is 727 g/mol. The van der Waals surface area contributed by atoms with Crippen molar-refractivity contribution in [2.45, 2.75) is 158 Å². The van der Waals surface area contributed by atoms with Gasteiger partial charge in [-0.3, -0.25) is 19.2 Å². The van der Waals surface area contributed by atoms with E-state index in [1.54, 1.807) is 9.96 Å². The van der Waals surface area contributed by atoms with Crippen LogP contribution in [0.1, 0.15) is 109 Å². The molecule has 5 aliphatic heterocycles. The molecule has 2 amide bonds. The Kier molecular flexibility index (Phi) is 8.51. The second-order valence-electron chi connectivity index (χ2n) is 20.2. The third-order valence-corrected chi connectivity index (χ3v) is 16.2. The Morgan fingerprint density at radius 2 is 1.70 bits per heavy atom. The van der Waals surface area contributed by atoms with E-state index in [9.17, 15) is 14.7 Å². The highest BCUT2D eigenvalue weighted by Crippen LogP contribution is 2.64. The minimum atomic E-state index is -1.32. The summed E-state index contributed by atoms with van der Waals surface area (Å²) in [4.78, 5) is 51.5. The van der Waals surface area contributed by atoms with E-state index in [1.807, 2.05) is 0 Å². The number of hydrogen-bond donors (Lipinski definition) is 2. The zero-order chi connectivity index (χ0) is 39.1. The number of likely N-dealkylation sites (tertiary alicyclic amines) is 1. The van der Waals surface area contributed by atoms with Crippen LogP contribution in [0.25, 0.3) is 6.08 Å². The zero-order valence-electron chi connectivity index (χ0n) is 33.7. The Hall–Kier alpha value is -2.87. The van der Waals surface area contributed by atoms with Gasteiger partial charge in [-0.1, -0.05) is 49.8 Å². The smallest absolute Gasteiger partial charge is 0.327 e. The molecule has 11 atom stereocenters. The Morgan fingerprint density at radius 3 is 2.42 bits per heavy atom. The monoisotopic (exact) mass is 785 g/mol. The van der Waals surface area contributed by atoms with Crippen molar-refractivity contribution in [1.29, 1.82) is 0 Å². The summed E-state index contributed by atoms with van der Waals surface area (Å²) in [7, 11) is 0. The summed E-state index contributed by atoms with van der Waals surface area (Å²) < 4.78 is 26.4. The van der Waals surface area contributed by atoms with Gasteiger partial charge in [-0.25, -0.2) is 0 Å². The normalized spacial score (nSPS) is 43.2. The Labute approximate surface area is 335 Å². The van der Waals surface area contributed by atoms with Crippen molar-refractivity contribution < 1.29 is 43.3 Å². The number of benzene rings is 1. The van der Waals surface area contributed by atoms with Crippen LogP contribution in [0.2, 0.25) is 0 Å². The average molecular weight is 786 g/mol. The summed E-state index contributed by atoms with van der Waals surface area (Å²) in [6, 6.07) is 6.83. The molecule has 308 valence electrons. The molecule has 5 heterocycles. The van der Waals surface area contributed by atoms with Gasteiger partial charge in [0.1, 0.15) is 35.9 Å². The minimum absolute atomic E-state index is 0.0534. The summed E-state index contributed by atoms with van der Waals surface area (Å²) in [5.74, 6) is 0.0719. The zero-order valence-corrected chi connectivity index (χ0v) is 33.7. The van der Waals surface area contributed by atoms with Crippen LogP contribution in [0.4, 0.5) is 0 Å². The molecule has 10 aliphatic rings. The maximum atomic E-state index is 15.3. The first-order chi connectivity index (χ1) is 27.4. The van der Waals surface area contributed by atoms with Crippen molar-refractivity contribution in [2.24, 2.45) is 34.5 Å². The molecule has 57 heavy (non-hydrogen) atoms. The van der Waals surface area contributed by atoms with E-state index in [4.69, 9.17) is 23.8 Å². The van der Waals surface area contributed by atoms with Crippen LogP contribution >= 0.6 is 0 Å². The molecule has 2 N–H and O–H groups in total. The third kappa shape index (κ3) is 5.77. The van der Waals surface area contributed by atoms with Gasteiger partial charge in [-0.05, 0) is 106 Å². The quantitative estimate of drug-likeness (QED) is 0.269. The fourth-order valence-corrected chi connectivity index (χ4v) is 12.8. The topological polar surface area (TPSA) is 139 Å². The number of epoxide rings is 1. The number of nitrogens with one attached hydrogen (secondary N) is 1. The predicted molar refractivity (Wildman–Crippen MR) is 205 cm³/mol. The van der Waals surface area contributed by atoms with E-state index in [-0.39, 0.29) is 55.4 Å². The molecule has 10 fully saturated rings. The number of amides is 2. The van der Waals surface area contributed by atoms with Crippen LogP contribution < -0.4 is 5.32 Å². The summed E-state index contributed by atoms with van der Waals surface area (Å²) in [6.07, 6.45) is 11.5. The second kappa shape index (κ2) is 13.1. The third-order valence-electron chi connectivity index (χ3n) is 16.2. The first-order valence-electron chi connectivity index (χ1n) is 22.1. The molecule has 0 aromatic heterocycles. The summed E-state index contributed by atoms with van der Waals surface area (Å²) >= 11 is 0. The Balaban J connectivity index is 0.892. The number of aliphatic hydroxyl groups excluding tert-OH is 1. The molecule has 12 heteroatoms. The molecule has 5 saturated carbocycles. The van der Waals surface area contributed by atoms with Crippen molar-refractivity contribution in [2.75, 3.05) is 19.7 Å². The van der Waals surface area contributed by atoms with Crippen molar-refractivity contribution in [3.63, 3.8) is 0 Å². The number of fused-ring (bicyclic) bond motifs is 6. The van der Waals surface area contributed by atoms with Gasteiger partial charge in [0.05, 0.1) is 24.9 Å². The molecule has 0 spiro atoms. The molecular formula is C45H59N3O9. The lowest BCUT2D eigenvalue weighted by atomic mass is 9.52. The maximum absolute atomic E-state index is 15.3. The van der Waals surface area contributed by atoms with Crippen molar-refractivity contribution in [1.82, 2.24) is 15.3 Å². The van der Waals surface area contributed by atoms with Gasteiger partial charge in [0.15, 0.2) is 11.8 Å². The molecule has 0 radical (unpaired) electrons.